The van der Waals surface area contributed by atoms with Crippen molar-refractivity contribution in [3.63, 3.8) is 0 Å². The van der Waals surface area contributed by atoms with Crippen molar-refractivity contribution in [3.05, 3.63) is 47.8 Å². The average Bonchev–Trinajstić information content (AvgIpc) is 2.74. The standard InChI is InChI=1S/C14H17N3O3S/c1-17-9-11(15)7-13(17)14(18)16-8-10-3-5-12(6-4-10)21(2,19)20/h3-7,9H,8,15H2,1-2H3,(H,16,18). The molecule has 0 aliphatic rings. The number of sulfone groups is 1. The van der Waals surface area contributed by atoms with E-state index in [0.29, 0.717) is 17.9 Å². The predicted molar refractivity (Wildman–Crippen MR) is 80.5 cm³/mol. The molecule has 2 aromatic rings. The number of amides is 1. The maximum absolute atomic E-state index is 12.0. The molecule has 1 amide bonds. The molecular weight excluding hydrogens is 290 g/mol. The van der Waals surface area contributed by atoms with E-state index in [1.165, 1.54) is 12.1 Å². The molecule has 0 saturated heterocycles. The van der Waals surface area contributed by atoms with E-state index in [4.69, 9.17) is 5.73 Å². The largest absolute Gasteiger partial charge is 0.397 e. The van der Waals surface area contributed by atoms with Crippen molar-refractivity contribution in [1.82, 2.24) is 9.88 Å². The molecule has 3 N–H and O–H groups in total. The Hall–Kier alpha value is -2.28. The highest BCUT2D eigenvalue weighted by Crippen LogP contribution is 2.11. The zero-order valence-corrected chi connectivity index (χ0v) is 12.6. The Bertz CT molecular complexity index is 761. The molecule has 0 aliphatic carbocycles. The molecule has 112 valence electrons. The maximum Gasteiger partial charge on any atom is 0.268 e. The second kappa shape index (κ2) is 5.61. The van der Waals surface area contributed by atoms with Crippen LogP contribution in [0.4, 0.5) is 5.69 Å². The molecule has 0 atom stereocenters. The second-order valence-electron chi connectivity index (χ2n) is 4.87. The summed E-state index contributed by atoms with van der Waals surface area (Å²) in [6.07, 6.45) is 2.82. The summed E-state index contributed by atoms with van der Waals surface area (Å²) in [5.74, 6) is -0.235. The molecule has 21 heavy (non-hydrogen) atoms. The zero-order chi connectivity index (χ0) is 15.6. The van der Waals surface area contributed by atoms with Crippen molar-refractivity contribution >= 4 is 21.4 Å². The van der Waals surface area contributed by atoms with E-state index in [9.17, 15) is 13.2 Å². The molecule has 1 heterocycles. The van der Waals surface area contributed by atoms with Crippen LogP contribution >= 0.6 is 0 Å². The van der Waals surface area contributed by atoms with Gasteiger partial charge in [0.15, 0.2) is 9.84 Å². The summed E-state index contributed by atoms with van der Waals surface area (Å²) < 4.78 is 24.4. The SMILES string of the molecule is Cn1cc(N)cc1C(=O)NCc1ccc(S(C)(=O)=O)cc1. The van der Waals surface area contributed by atoms with Crippen LogP contribution in [0.5, 0.6) is 0 Å². The second-order valence-corrected chi connectivity index (χ2v) is 6.88. The van der Waals surface area contributed by atoms with Crippen LogP contribution in [-0.2, 0) is 23.4 Å². The molecule has 0 fully saturated rings. The smallest absolute Gasteiger partial charge is 0.268 e. The van der Waals surface area contributed by atoms with E-state index in [1.54, 1.807) is 36.0 Å². The topological polar surface area (TPSA) is 94.2 Å². The number of aromatic nitrogens is 1. The molecule has 2 rings (SSSR count). The van der Waals surface area contributed by atoms with Crippen molar-refractivity contribution in [2.45, 2.75) is 11.4 Å². The van der Waals surface area contributed by atoms with Crippen LogP contribution in [-0.4, -0.2) is 25.1 Å². The molecular formula is C14H17N3O3S. The van der Waals surface area contributed by atoms with Crippen LogP contribution < -0.4 is 11.1 Å². The van der Waals surface area contributed by atoms with Gasteiger partial charge in [0.1, 0.15) is 5.69 Å². The maximum atomic E-state index is 12.0. The Morgan fingerprint density at radius 3 is 2.38 bits per heavy atom. The minimum atomic E-state index is -3.20. The van der Waals surface area contributed by atoms with E-state index in [2.05, 4.69) is 5.32 Å². The molecule has 0 bridgehead atoms. The van der Waals surface area contributed by atoms with Gasteiger partial charge in [-0.1, -0.05) is 12.1 Å². The minimum Gasteiger partial charge on any atom is -0.397 e. The normalized spacial score (nSPS) is 11.3. The van der Waals surface area contributed by atoms with E-state index in [0.717, 1.165) is 11.8 Å². The fourth-order valence-electron chi connectivity index (χ4n) is 1.94. The average molecular weight is 307 g/mol. The van der Waals surface area contributed by atoms with Gasteiger partial charge in [-0.3, -0.25) is 4.79 Å². The summed E-state index contributed by atoms with van der Waals surface area (Å²) in [5, 5.41) is 2.76. The van der Waals surface area contributed by atoms with E-state index < -0.39 is 9.84 Å². The number of nitrogens with one attached hydrogen (secondary N) is 1. The number of hydrogen-bond donors (Lipinski definition) is 2. The summed E-state index contributed by atoms with van der Waals surface area (Å²) in [6.45, 7) is 0.313. The first-order valence-corrected chi connectivity index (χ1v) is 8.15. The van der Waals surface area contributed by atoms with Gasteiger partial charge in [0.2, 0.25) is 0 Å². The highest BCUT2D eigenvalue weighted by Gasteiger charge is 2.11. The molecule has 0 unspecified atom stereocenters. The van der Waals surface area contributed by atoms with Gasteiger partial charge in [-0.05, 0) is 23.8 Å². The highest BCUT2D eigenvalue weighted by atomic mass is 32.2. The molecule has 7 heteroatoms. The Kier molecular flexibility index (Phi) is 4.04. The van der Waals surface area contributed by atoms with Gasteiger partial charge in [-0.25, -0.2) is 8.42 Å². The third kappa shape index (κ3) is 3.63. The molecule has 0 radical (unpaired) electrons. The molecule has 0 saturated carbocycles. The fraction of sp³-hybridized carbons (Fsp3) is 0.214. The van der Waals surface area contributed by atoms with Crippen molar-refractivity contribution in [2.75, 3.05) is 12.0 Å². The highest BCUT2D eigenvalue weighted by molar-refractivity contribution is 7.90. The number of rotatable bonds is 4. The molecule has 0 aliphatic heterocycles. The van der Waals surface area contributed by atoms with Crippen LogP contribution in [0.1, 0.15) is 16.1 Å². The first-order valence-electron chi connectivity index (χ1n) is 6.26. The lowest BCUT2D eigenvalue weighted by Crippen LogP contribution is -2.24. The van der Waals surface area contributed by atoms with Gasteiger partial charge < -0.3 is 15.6 Å². The molecule has 6 nitrogen and oxygen atoms in total. The summed E-state index contributed by atoms with van der Waals surface area (Å²) in [5.41, 5.74) is 7.44. The number of hydrogen-bond acceptors (Lipinski definition) is 4. The van der Waals surface area contributed by atoms with Crippen LogP contribution in [0.2, 0.25) is 0 Å². The Morgan fingerprint density at radius 2 is 1.90 bits per heavy atom. The summed E-state index contributed by atoms with van der Waals surface area (Å²) in [7, 11) is -1.46. The number of carbonyl (C=O) groups is 1. The Morgan fingerprint density at radius 1 is 1.29 bits per heavy atom. The van der Waals surface area contributed by atoms with Gasteiger partial charge in [0.25, 0.3) is 5.91 Å². The van der Waals surface area contributed by atoms with Gasteiger partial charge >= 0.3 is 0 Å². The van der Waals surface area contributed by atoms with E-state index in [-0.39, 0.29) is 10.8 Å². The number of nitrogens with two attached hydrogens (primary N) is 1. The Labute approximate surface area is 123 Å². The third-order valence-corrected chi connectivity index (χ3v) is 4.19. The first-order chi connectivity index (χ1) is 9.77. The first kappa shape index (κ1) is 15.1. The fourth-order valence-corrected chi connectivity index (χ4v) is 2.57. The van der Waals surface area contributed by atoms with Crippen LogP contribution in [0.3, 0.4) is 0 Å². The number of aryl methyl sites for hydroxylation is 1. The quantitative estimate of drug-likeness (QED) is 0.879. The van der Waals surface area contributed by atoms with Crippen molar-refractivity contribution in [2.24, 2.45) is 7.05 Å². The van der Waals surface area contributed by atoms with Gasteiger partial charge in [-0.2, -0.15) is 0 Å². The summed E-state index contributed by atoms with van der Waals surface area (Å²) >= 11 is 0. The number of nitrogens with zero attached hydrogens (tertiary/aromatic N) is 1. The van der Waals surface area contributed by atoms with Crippen molar-refractivity contribution < 1.29 is 13.2 Å². The van der Waals surface area contributed by atoms with Crippen molar-refractivity contribution in [3.8, 4) is 0 Å². The van der Waals surface area contributed by atoms with Gasteiger partial charge in [0.05, 0.1) is 10.6 Å². The lowest BCUT2D eigenvalue weighted by Gasteiger charge is -2.07. The zero-order valence-electron chi connectivity index (χ0n) is 11.8. The van der Waals surface area contributed by atoms with E-state index >= 15 is 0 Å². The minimum absolute atomic E-state index is 0.235. The molecule has 1 aromatic carbocycles. The third-order valence-electron chi connectivity index (χ3n) is 3.06. The van der Waals surface area contributed by atoms with Gasteiger partial charge in [0, 0.05) is 26.0 Å². The van der Waals surface area contributed by atoms with Crippen LogP contribution in [0.25, 0.3) is 0 Å². The summed E-state index contributed by atoms with van der Waals surface area (Å²) in [4.78, 5) is 12.3. The molecule has 1 aromatic heterocycles. The number of benzene rings is 1. The Balaban J connectivity index is 2.03. The molecule has 0 spiro atoms. The number of carbonyl (C=O) groups excluding carboxylic acids is 1. The van der Waals surface area contributed by atoms with Gasteiger partial charge in [-0.15, -0.1) is 0 Å². The lowest BCUT2D eigenvalue weighted by atomic mass is 10.2. The van der Waals surface area contributed by atoms with Crippen LogP contribution in [0, 0.1) is 0 Å². The summed E-state index contributed by atoms with van der Waals surface area (Å²) in [6, 6.07) is 8.00. The van der Waals surface area contributed by atoms with Crippen molar-refractivity contribution in [1.29, 1.82) is 0 Å². The van der Waals surface area contributed by atoms with Crippen LogP contribution in [0.15, 0.2) is 41.4 Å². The lowest BCUT2D eigenvalue weighted by molar-refractivity contribution is 0.0943. The van der Waals surface area contributed by atoms with E-state index in [1.807, 2.05) is 0 Å². The number of nitrogen functional groups attached to an aromatic ring is 1. The predicted octanol–water partition coefficient (Wildman–Crippen LogP) is 0.941. The monoisotopic (exact) mass is 307 g/mol. The number of anilines is 1.